The number of nitrogens with zero attached hydrogens (tertiary/aromatic N) is 2. The van der Waals surface area contributed by atoms with Gasteiger partial charge in [0, 0.05) is 6.07 Å². The molecule has 5 nitrogen and oxygen atoms in total. The number of alkyl halides is 3. The second-order valence-corrected chi connectivity index (χ2v) is 6.70. The van der Waals surface area contributed by atoms with Crippen molar-refractivity contribution >= 4 is 17.6 Å². The molecule has 0 spiro atoms. The predicted molar refractivity (Wildman–Crippen MR) is 92.4 cm³/mol. The number of carbonyl (C=O) groups excluding carboxylic acids is 1. The third-order valence-electron chi connectivity index (χ3n) is 4.36. The van der Waals surface area contributed by atoms with Crippen molar-refractivity contribution in [2.45, 2.75) is 44.9 Å². The minimum atomic E-state index is -4.98. The van der Waals surface area contributed by atoms with Crippen LogP contribution >= 0.6 is 11.6 Å². The molecule has 0 aliphatic heterocycles. The summed E-state index contributed by atoms with van der Waals surface area (Å²) in [4.78, 5) is 15.4. The lowest BCUT2D eigenvalue weighted by Gasteiger charge is -2.18. The topological polar surface area (TPSA) is 53.3 Å². The highest BCUT2D eigenvalue weighted by Crippen LogP contribution is 2.37. The Bertz CT molecular complexity index is 876. The van der Waals surface area contributed by atoms with Gasteiger partial charge in [0.15, 0.2) is 11.4 Å². The molecule has 2 aromatic rings. The van der Waals surface area contributed by atoms with Crippen molar-refractivity contribution in [1.82, 2.24) is 9.55 Å². The van der Waals surface area contributed by atoms with Gasteiger partial charge in [0.05, 0.1) is 23.4 Å². The fourth-order valence-electron chi connectivity index (χ4n) is 3.13. The van der Waals surface area contributed by atoms with Gasteiger partial charge in [0.25, 0.3) is 0 Å². The van der Waals surface area contributed by atoms with Crippen molar-refractivity contribution in [1.29, 1.82) is 0 Å². The fraction of sp³-hybridized carbons (Fsp3) is 0.444. The van der Waals surface area contributed by atoms with Gasteiger partial charge in [-0.2, -0.15) is 13.2 Å². The summed E-state index contributed by atoms with van der Waals surface area (Å²) in [6, 6.07) is 1.97. The third-order valence-corrected chi connectivity index (χ3v) is 4.66. The molecular formula is C18H17ClF4N2O3. The van der Waals surface area contributed by atoms with Crippen molar-refractivity contribution in [2.75, 3.05) is 6.61 Å². The lowest BCUT2D eigenvalue weighted by atomic mass is 10.2. The van der Waals surface area contributed by atoms with Gasteiger partial charge < -0.3 is 9.47 Å². The van der Waals surface area contributed by atoms with Gasteiger partial charge in [-0.3, -0.25) is 4.57 Å². The molecule has 28 heavy (non-hydrogen) atoms. The quantitative estimate of drug-likeness (QED) is 0.494. The van der Waals surface area contributed by atoms with Crippen molar-refractivity contribution < 1.29 is 31.8 Å². The molecule has 1 heterocycles. The van der Waals surface area contributed by atoms with E-state index in [1.54, 1.807) is 0 Å². The van der Waals surface area contributed by atoms with E-state index in [2.05, 4.69) is 9.72 Å². The first-order chi connectivity index (χ1) is 13.2. The molecule has 0 bridgehead atoms. The summed E-state index contributed by atoms with van der Waals surface area (Å²) in [7, 11) is 0. The lowest BCUT2D eigenvalue weighted by molar-refractivity contribution is -0.143. The SMILES string of the molecule is CCOC(=O)c1ncn(-c2cc(OC3CCCC3)c(Cl)cc2F)c1C(F)(F)F. The first-order valence-electron chi connectivity index (χ1n) is 8.70. The Balaban J connectivity index is 2.08. The smallest absolute Gasteiger partial charge is 0.434 e. The lowest BCUT2D eigenvalue weighted by Crippen LogP contribution is -2.19. The second-order valence-electron chi connectivity index (χ2n) is 6.29. The van der Waals surface area contributed by atoms with Gasteiger partial charge in [0.1, 0.15) is 17.9 Å². The Hall–Kier alpha value is -2.29. The van der Waals surface area contributed by atoms with Gasteiger partial charge in [-0.1, -0.05) is 11.6 Å². The Morgan fingerprint density at radius 3 is 2.61 bits per heavy atom. The molecule has 0 unspecified atom stereocenters. The molecule has 0 amide bonds. The molecule has 1 aliphatic rings. The summed E-state index contributed by atoms with van der Waals surface area (Å²) in [6.07, 6.45) is -0.865. The number of rotatable bonds is 5. The van der Waals surface area contributed by atoms with Crippen LogP contribution in [0.3, 0.4) is 0 Å². The Morgan fingerprint density at radius 1 is 1.32 bits per heavy atom. The Labute approximate surface area is 163 Å². The van der Waals surface area contributed by atoms with E-state index in [0.29, 0.717) is 4.57 Å². The van der Waals surface area contributed by atoms with Crippen LogP contribution < -0.4 is 4.74 Å². The van der Waals surface area contributed by atoms with Crippen LogP contribution in [-0.4, -0.2) is 28.2 Å². The predicted octanol–water partition coefficient (Wildman–Crippen LogP) is 5.18. The van der Waals surface area contributed by atoms with E-state index in [1.807, 2.05) is 0 Å². The number of aromatic nitrogens is 2. The number of imidazole rings is 1. The van der Waals surface area contributed by atoms with Crippen LogP contribution in [0.25, 0.3) is 5.69 Å². The number of halogens is 5. The van der Waals surface area contributed by atoms with Crippen LogP contribution in [0.4, 0.5) is 17.6 Å². The Kier molecular flexibility index (Phi) is 5.83. The molecule has 3 rings (SSSR count). The normalized spacial score (nSPS) is 15.1. The van der Waals surface area contributed by atoms with Crippen LogP contribution in [0.15, 0.2) is 18.5 Å². The number of esters is 1. The first-order valence-corrected chi connectivity index (χ1v) is 9.08. The molecule has 1 saturated carbocycles. The average Bonchev–Trinajstić information content (AvgIpc) is 3.26. The van der Waals surface area contributed by atoms with E-state index in [-0.39, 0.29) is 23.5 Å². The molecule has 0 saturated heterocycles. The van der Waals surface area contributed by atoms with E-state index >= 15 is 0 Å². The first kappa shape index (κ1) is 20.4. The summed E-state index contributed by atoms with van der Waals surface area (Å²) in [5, 5.41) is -0.0487. The van der Waals surface area contributed by atoms with Gasteiger partial charge in [-0.15, -0.1) is 0 Å². The van der Waals surface area contributed by atoms with E-state index in [1.165, 1.54) is 6.92 Å². The van der Waals surface area contributed by atoms with Crippen molar-refractivity contribution in [2.24, 2.45) is 0 Å². The van der Waals surface area contributed by atoms with Crippen molar-refractivity contribution in [3.63, 3.8) is 0 Å². The van der Waals surface area contributed by atoms with Crippen molar-refractivity contribution in [3.05, 3.63) is 40.7 Å². The average molecular weight is 421 g/mol. The molecule has 0 atom stereocenters. The molecule has 0 N–H and O–H groups in total. The molecule has 1 fully saturated rings. The van der Waals surface area contributed by atoms with Crippen LogP contribution in [0.2, 0.25) is 5.02 Å². The molecular weight excluding hydrogens is 404 g/mol. The fourth-order valence-corrected chi connectivity index (χ4v) is 3.32. The highest BCUT2D eigenvalue weighted by Gasteiger charge is 2.41. The summed E-state index contributed by atoms with van der Waals surface area (Å²) in [5.74, 6) is -2.18. The minimum absolute atomic E-state index is 0.0487. The zero-order chi connectivity index (χ0) is 20.5. The zero-order valence-corrected chi connectivity index (χ0v) is 15.6. The molecule has 152 valence electrons. The summed E-state index contributed by atoms with van der Waals surface area (Å²) in [5.41, 5.74) is -2.85. The van der Waals surface area contributed by atoms with E-state index in [0.717, 1.165) is 44.1 Å². The summed E-state index contributed by atoms with van der Waals surface area (Å²) < 4.78 is 66.2. The summed E-state index contributed by atoms with van der Waals surface area (Å²) >= 11 is 6.01. The third kappa shape index (κ3) is 4.09. The highest BCUT2D eigenvalue weighted by molar-refractivity contribution is 6.32. The van der Waals surface area contributed by atoms with Crippen LogP contribution in [0, 0.1) is 5.82 Å². The maximum absolute atomic E-state index is 14.5. The van der Waals surface area contributed by atoms with E-state index < -0.39 is 35.0 Å². The van der Waals surface area contributed by atoms with Crippen LogP contribution in [-0.2, 0) is 10.9 Å². The molecule has 1 aromatic heterocycles. The zero-order valence-electron chi connectivity index (χ0n) is 14.9. The molecule has 10 heteroatoms. The van der Waals surface area contributed by atoms with Gasteiger partial charge in [-0.05, 0) is 38.7 Å². The second kappa shape index (κ2) is 7.98. The van der Waals surface area contributed by atoms with Crippen molar-refractivity contribution in [3.8, 4) is 11.4 Å². The van der Waals surface area contributed by atoms with Crippen LogP contribution in [0.5, 0.6) is 5.75 Å². The maximum Gasteiger partial charge on any atom is 0.434 e. The van der Waals surface area contributed by atoms with Crippen LogP contribution in [0.1, 0.15) is 48.8 Å². The van der Waals surface area contributed by atoms with Gasteiger partial charge in [-0.25, -0.2) is 14.2 Å². The molecule has 1 aliphatic carbocycles. The number of hydrogen-bond donors (Lipinski definition) is 0. The number of carbonyl (C=O) groups is 1. The van der Waals surface area contributed by atoms with Gasteiger partial charge in [0.2, 0.25) is 0 Å². The number of benzene rings is 1. The number of ether oxygens (including phenoxy) is 2. The maximum atomic E-state index is 14.5. The largest absolute Gasteiger partial charge is 0.489 e. The molecule has 0 radical (unpaired) electrons. The Morgan fingerprint density at radius 2 is 2.00 bits per heavy atom. The monoisotopic (exact) mass is 420 g/mol. The van der Waals surface area contributed by atoms with Gasteiger partial charge >= 0.3 is 12.1 Å². The highest BCUT2D eigenvalue weighted by atomic mass is 35.5. The van der Waals surface area contributed by atoms with E-state index in [9.17, 15) is 22.4 Å². The van der Waals surface area contributed by atoms with E-state index in [4.69, 9.17) is 16.3 Å². The standard InChI is InChI=1S/C18H17ClF4N2O3/c1-2-27-17(26)15-16(18(21,22)23)25(9-24-15)13-8-14(11(19)7-12(13)20)28-10-5-3-4-6-10/h7-10H,2-6H2,1H3. The number of hydrogen-bond acceptors (Lipinski definition) is 4. The molecule has 1 aromatic carbocycles. The summed E-state index contributed by atoms with van der Waals surface area (Å²) in [6.45, 7) is 1.32. The minimum Gasteiger partial charge on any atom is -0.489 e.